The van der Waals surface area contributed by atoms with Crippen LogP contribution in [0.4, 0.5) is 0 Å². The number of nitriles is 1. The molecule has 2 aromatic rings. The fourth-order valence-electron chi connectivity index (χ4n) is 1.89. The molecule has 0 aliphatic rings. The van der Waals surface area contributed by atoms with Gasteiger partial charge in [0, 0.05) is 11.8 Å². The number of ether oxygens (including phenoxy) is 1. The van der Waals surface area contributed by atoms with Gasteiger partial charge in [0.15, 0.2) is 0 Å². The minimum Gasteiger partial charge on any atom is -0.497 e. The lowest BCUT2D eigenvalue weighted by Crippen LogP contribution is -2.12. The van der Waals surface area contributed by atoms with Gasteiger partial charge in [-0.25, -0.2) is 0 Å². The molecule has 1 aromatic heterocycles. The number of H-pyrrole nitrogens is 1. The molecule has 4 heteroatoms. The minimum absolute atomic E-state index is 0.128. The molecule has 0 spiro atoms. The zero-order valence-corrected chi connectivity index (χ0v) is 10.2. The molecule has 0 fully saturated rings. The summed E-state index contributed by atoms with van der Waals surface area (Å²) in [6, 6.07) is 9.26. The van der Waals surface area contributed by atoms with Crippen molar-refractivity contribution in [2.24, 2.45) is 0 Å². The van der Waals surface area contributed by atoms with Crippen LogP contribution in [-0.2, 0) is 0 Å². The van der Waals surface area contributed by atoms with E-state index in [9.17, 15) is 4.79 Å². The van der Waals surface area contributed by atoms with E-state index in [0.717, 1.165) is 11.1 Å². The van der Waals surface area contributed by atoms with Gasteiger partial charge >= 0.3 is 0 Å². The summed E-state index contributed by atoms with van der Waals surface area (Å²) in [5.74, 6) is 0.691. The zero-order valence-electron chi connectivity index (χ0n) is 10.2. The number of nitrogens with zero attached hydrogens (tertiary/aromatic N) is 1. The molecule has 0 bridgehead atoms. The van der Waals surface area contributed by atoms with Crippen LogP contribution < -0.4 is 10.3 Å². The monoisotopic (exact) mass is 240 g/mol. The van der Waals surface area contributed by atoms with Gasteiger partial charge in [-0.1, -0.05) is 12.1 Å². The second-order valence-corrected chi connectivity index (χ2v) is 3.89. The maximum atomic E-state index is 11.6. The number of nitrogens with one attached hydrogen (secondary N) is 1. The number of aryl methyl sites for hydroxylation is 1. The summed E-state index contributed by atoms with van der Waals surface area (Å²) in [5.41, 5.74) is 2.05. The first-order chi connectivity index (χ1) is 8.67. The summed E-state index contributed by atoms with van der Waals surface area (Å²) >= 11 is 0. The lowest BCUT2D eigenvalue weighted by Gasteiger charge is -2.09. The third kappa shape index (κ3) is 1.98. The van der Waals surface area contributed by atoms with Crippen molar-refractivity contribution < 1.29 is 4.74 Å². The Balaban J connectivity index is 2.74. The molecule has 1 heterocycles. The van der Waals surface area contributed by atoms with Crippen LogP contribution in [0.25, 0.3) is 11.1 Å². The summed E-state index contributed by atoms with van der Waals surface area (Å²) in [5, 5.41) is 9.11. The number of rotatable bonds is 2. The number of hydrogen-bond acceptors (Lipinski definition) is 3. The van der Waals surface area contributed by atoms with Crippen molar-refractivity contribution in [2.45, 2.75) is 6.92 Å². The molecular weight excluding hydrogens is 228 g/mol. The van der Waals surface area contributed by atoms with Crippen LogP contribution in [0.15, 0.2) is 35.3 Å². The summed E-state index contributed by atoms with van der Waals surface area (Å²) in [6.07, 6.45) is 1.61. The number of methoxy groups -OCH3 is 1. The molecule has 0 amide bonds. The molecule has 1 N–H and O–H groups in total. The fraction of sp³-hybridized carbons (Fsp3) is 0.143. The molecule has 0 aliphatic heterocycles. The van der Waals surface area contributed by atoms with Gasteiger partial charge in [0.05, 0.1) is 7.11 Å². The van der Waals surface area contributed by atoms with E-state index in [1.54, 1.807) is 13.3 Å². The Labute approximate surface area is 104 Å². The first-order valence-corrected chi connectivity index (χ1v) is 5.44. The van der Waals surface area contributed by atoms with Crippen LogP contribution in [0.1, 0.15) is 11.1 Å². The minimum atomic E-state index is -0.374. The van der Waals surface area contributed by atoms with Crippen molar-refractivity contribution in [3.05, 3.63) is 51.9 Å². The van der Waals surface area contributed by atoms with Crippen LogP contribution in [0, 0.1) is 18.3 Å². The predicted molar refractivity (Wildman–Crippen MR) is 68.5 cm³/mol. The number of aromatic amines is 1. The summed E-state index contributed by atoms with van der Waals surface area (Å²) < 4.78 is 5.15. The molecule has 4 nitrogen and oxygen atoms in total. The summed E-state index contributed by atoms with van der Waals surface area (Å²) in [4.78, 5) is 14.2. The molecule has 0 unspecified atom stereocenters. The number of hydrogen-bond donors (Lipinski definition) is 1. The van der Waals surface area contributed by atoms with Gasteiger partial charge in [-0.3, -0.25) is 4.79 Å². The van der Waals surface area contributed by atoms with Crippen molar-refractivity contribution in [1.82, 2.24) is 4.98 Å². The largest absolute Gasteiger partial charge is 0.497 e. The van der Waals surface area contributed by atoms with E-state index in [1.807, 2.05) is 37.3 Å². The van der Waals surface area contributed by atoms with Gasteiger partial charge < -0.3 is 9.72 Å². The second-order valence-electron chi connectivity index (χ2n) is 3.89. The second kappa shape index (κ2) is 4.76. The highest BCUT2D eigenvalue weighted by Crippen LogP contribution is 2.27. The van der Waals surface area contributed by atoms with E-state index in [-0.39, 0.29) is 11.1 Å². The lowest BCUT2D eigenvalue weighted by molar-refractivity contribution is 0.415. The maximum Gasteiger partial charge on any atom is 0.266 e. The van der Waals surface area contributed by atoms with Crippen LogP contribution in [0.2, 0.25) is 0 Å². The molecule has 1 aromatic carbocycles. The highest BCUT2D eigenvalue weighted by Gasteiger charge is 2.12. The van der Waals surface area contributed by atoms with Crippen molar-refractivity contribution in [3.8, 4) is 22.9 Å². The predicted octanol–water partition coefficient (Wildman–Crippen LogP) is 2.23. The topological polar surface area (TPSA) is 65.9 Å². The van der Waals surface area contributed by atoms with E-state index < -0.39 is 0 Å². The molecule has 90 valence electrons. The van der Waals surface area contributed by atoms with Gasteiger partial charge in [0.1, 0.15) is 17.4 Å². The van der Waals surface area contributed by atoms with E-state index >= 15 is 0 Å². The molecule has 0 saturated heterocycles. The van der Waals surface area contributed by atoms with Gasteiger partial charge in [-0.2, -0.15) is 5.26 Å². The third-order valence-corrected chi connectivity index (χ3v) is 2.76. The Morgan fingerprint density at radius 2 is 2.17 bits per heavy atom. The van der Waals surface area contributed by atoms with E-state index in [0.29, 0.717) is 11.3 Å². The smallest absolute Gasteiger partial charge is 0.266 e. The molecule has 18 heavy (non-hydrogen) atoms. The lowest BCUT2D eigenvalue weighted by atomic mass is 9.98. The molecule has 0 aliphatic carbocycles. The molecular formula is C14H12N2O2. The Bertz CT molecular complexity index is 681. The summed E-state index contributed by atoms with van der Waals surface area (Å²) in [6.45, 7) is 1.85. The van der Waals surface area contributed by atoms with E-state index in [2.05, 4.69) is 4.98 Å². The third-order valence-electron chi connectivity index (χ3n) is 2.76. The zero-order chi connectivity index (χ0) is 13.1. The van der Waals surface area contributed by atoms with Crippen LogP contribution in [-0.4, -0.2) is 12.1 Å². The maximum absolute atomic E-state index is 11.6. The Kier molecular flexibility index (Phi) is 3.16. The van der Waals surface area contributed by atoms with Crippen molar-refractivity contribution >= 4 is 0 Å². The van der Waals surface area contributed by atoms with Gasteiger partial charge in [-0.05, 0) is 30.2 Å². The Hall–Kier alpha value is -2.54. The summed E-state index contributed by atoms with van der Waals surface area (Å²) in [7, 11) is 1.58. The van der Waals surface area contributed by atoms with Crippen molar-refractivity contribution in [3.63, 3.8) is 0 Å². The van der Waals surface area contributed by atoms with E-state index in [1.165, 1.54) is 0 Å². The average Bonchev–Trinajstić information content (AvgIpc) is 2.41. The first-order valence-electron chi connectivity index (χ1n) is 5.44. The fourth-order valence-corrected chi connectivity index (χ4v) is 1.89. The molecule has 0 saturated carbocycles. The average molecular weight is 240 g/mol. The standard InChI is InChI=1S/C14H12N2O2/c1-9-8-16-14(17)12(7-15)13(9)10-4-3-5-11(6-10)18-2/h3-6,8H,1-2H3,(H,16,17). The van der Waals surface area contributed by atoms with Gasteiger partial charge in [-0.15, -0.1) is 0 Å². The van der Waals surface area contributed by atoms with Crippen molar-refractivity contribution in [1.29, 1.82) is 5.26 Å². The van der Waals surface area contributed by atoms with Crippen molar-refractivity contribution in [2.75, 3.05) is 7.11 Å². The molecule has 0 radical (unpaired) electrons. The first kappa shape index (κ1) is 11.9. The Morgan fingerprint density at radius 1 is 1.39 bits per heavy atom. The van der Waals surface area contributed by atoms with Crippen LogP contribution >= 0.6 is 0 Å². The highest BCUT2D eigenvalue weighted by molar-refractivity contribution is 5.73. The Morgan fingerprint density at radius 3 is 2.83 bits per heavy atom. The van der Waals surface area contributed by atoms with E-state index in [4.69, 9.17) is 10.00 Å². The van der Waals surface area contributed by atoms with Gasteiger partial charge in [0.25, 0.3) is 5.56 Å². The SMILES string of the molecule is COc1cccc(-c2c(C)c[nH]c(=O)c2C#N)c1. The number of pyridine rings is 1. The van der Waals surface area contributed by atoms with Crippen LogP contribution in [0.5, 0.6) is 5.75 Å². The molecule has 0 atom stereocenters. The van der Waals surface area contributed by atoms with Crippen LogP contribution in [0.3, 0.4) is 0 Å². The normalized spacial score (nSPS) is 9.83. The van der Waals surface area contributed by atoms with Gasteiger partial charge in [0.2, 0.25) is 0 Å². The quantitative estimate of drug-likeness (QED) is 0.875. The molecule has 2 rings (SSSR count). The number of benzene rings is 1. The number of aromatic nitrogens is 1. The highest BCUT2D eigenvalue weighted by atomic mass is 16.5.